The average Bonchev–Trinajstić information content (AvgIpc) is 2.82. The highest BCUT2D eigenvalue weighted by molar-refractivity contribution is 6.01. The van der Waals surface area contributed by atoms with Gasteiger partial charge in [-0.25, -0.2) is 9.18 Å². The number of hydrogen-bond donors (Lipinski definition) is 3. The molecule has 3 rings (SSSR count). The Kier molecular flexibility index (Phi) is 9.74. The van der Waals surface area contributed by atoms with E-state index in [2.05, 4.69) is 20.7 Å². The number of carbonyl (C=O) groups is 3. The SMILES string of the molecule is CCOC(=O)CC(=O)Nc1ccc(OC2CCC(NC(=O)Nc3ccc(OC(F)(F)F)c(F)c3)CC2)cc1. The Balaban J connectivity index is 1.39. The van der Waals surface area contributed by atoms with E-state index in [4.69, 9.17) is 9.47 Å². The van der Waals surface area contributed by atoms with Gasteiger partial charge in [0.25, 0.3) is 0 Å². The highest BCUT2D eigenvalue weighted by Gasteiger charge is 2.32. The lowest BCUT2D eigenvalue weighted by atomic mass is 9.93. The summed E-state index contributed by atoms with van der Waals surface area (Å²) in [6.07, 6.45) is -2.94. The van der Waals surface area contributed by atoms with E-state index in [1.807, 2.05) is 0 Å². The van der Waals surface area contributed by atoms with Crippen LogP contribution in [0, 0.1) is 5.82 Å². The van der Waals surface area contributed by atoms with E-state index in [-0.39, 0.29) is 30.9 Å². The number of esters is 1. The molecule has 1 aliphatic carbocycles. The minimum Gasteiger partial charge on any atom is -0.490 e. The number of rotatable bonds is 9. The normalized spacial score (nSPS) is 17.2. The molecule has 0 heterocycles. The summed E-state index contributed by atoms with van der Waals surface area (Å²) < 4.78 is 64.8. The molecule has 0 saturated heterocycles. The number of halogens is 4. The van der Waals surface area contributed by atoms with Crippen LogP contribution < -0.4 is 25.4 Å². The fourth-order valence-corrected chi connectivity index (χ4v) is 3.82. The van der Waals surface area contributed by atoms with Gasteiger partial charge in [0, 0.05) is 23.5 Å². The summed E-state index contributed by atoms with van der Waals surface area (Å²) in [7, 11) is 0. The third kappa shape index (κ3) is 9.45. The standard InChI is InChI=1S/C25H27F4N3O6/c1-2-36-23(34)14-22(33)30-15-3-8-18(9-4-15)37-19-10-5-16(6-11-19)31-24(35)32-17-7-12-21(20(26)13-17)38-25(27,28)29/h3-4,7-9,12-13,16,19H,2,5-6,10-11,14H2,1H3,(H,30,33)(H2,31,32,35). The van der Waals surface area contributed by atoms with Gasteiger partial charge in [-0.2, -0.15) is 0 Å². The lowest BCUT2D eigenvalue weighted by Gasteiger charge is -2.29. The third-order valence-corrected chi connectivity index (χ3v) is 5.48. The zero-order valence-electron chi connectivity index (χ0n) is 20.4. The van der Waals surface area contributed by atoms with Gasteiger partial charge in [0.1, 0.15) is 12.2 Å². The fraction of sp³-hybridized carbons (Fsp3) is 0.400. The van der Waals surface area contributed by atoms with Crippen molar-refractivity contribution >= 4 is 29.3 Å². The van der Waals surface area contributed by atoms with E-state index in [9.17, 15) is 31.9 Å². The molecular weight excluding hydrogens is 514 g/mol. The van der Waals surface area contributed by atoms with Crippen molar-refractivity contribution in [2.45, 2.75) is 57.5 Å². The Bertz CT molecular complexity index is 1120. The summed E-state index contributed by atoms with van der Waals surface area (Å²) in [6.45, 7) is 1.86. The first-order chi connectivity index (χ1) is 18.0. The van der Waals surface area contributed by atoms with Crippen molar-refractivity contribution in [1.82, 2.24) is 5.32 Å². The first-order valence-electron chi connectivity index (χ1n) is 11.9. The molecule has 206 valence electrons. The Morgan fingerprint density at radius 3 is 2.21 bits per heavy atom. The molecule has 1 saturated carbocycles. The van der Waals surface area contributed by atoms with Gasteiger partial charge in [-0.15, -0.1) is 13.2 Å². The molecule has 0 aromatic heterocycles. The Morgan fingerprint density at radius 2 is 1.61 bits per heavy atom. The number of benzene rings is 2. The van der Waals surface area contributed by atoms with Crippen LogP contribution in [-0.2, 0) is 14.3 Å². The van der Waals surface area contributed by atoms with Crippen molar-refractivity contribution in [2.75, 3.05) is 17.2 Å². The highest BCUT2D eigenvalue weighted by Crippen LogP contribution is 2.28. The number of amides is 3. The van der Waals surface area contributed by atoms with Crippen molar-refractivity contribution in [3.8, 4) is 11.5 Å². The average molecular weight is 541 g/mol. The maximum atomic E-state index is 13.8. The number of urea groups is 1. The molecule has 9 nitrogen and oxygen atoms in total. The number of ether oxygens (including phenoxy) is 3. The van der Waals surface area contributed by atoms with E-state index >= 15 is 0 Å². The number of nitrogens with one attached hydrogen (secondary N) is 3. The highest BCUT2D eigenvalue weighted by atomic mass is 19.4. The van der Waals surface area contributed by atoms with E-state index < -0.39 is 35.8 Å². The summed E-state index contributed by atoms with van der Waals surface area (Å²) in [5, 5.41) is 7.76. The van der Waals surface area contributed by atoms with Crippen molar-refractivity contribution < 1.29 is 46.2 Å². The lowest BCUT2D eigenvalue weighted by molar-refractivity contribution is -0.275. The molecule has 0 atom stereocenters. The Labute approximate surface area is 215 Å². The van der Waals surface area contributed by atoms with E-state index in [1.54, 1.807) is 31.2 Å². The minimum absolute atomic E-state index is 0.0212. The van der Waals surface area contributed by atoms with Gasteiger partial charge in [-0.05, 0) is 69.0 Å². The van der Waals surface area contributed by atoms with Crippen LogP contribution in [-0.4, -0.2) is 43.0 Å². The van der Waals surface area contributed by atoms with Crippen molar-refractivity contribution in [2.24, 2.45) is 0 Å². The molecule has 38 heavy (non-hydrogen) atoms. The summed E-state index contributed by atoms with van der Waals surface area (Å²) in [4.78, 5) is 35.4. The van der Waals surface area contributed by atoms with Gasteiger partial charge in [0.05, 0.1) is 12.7 Å². The van der Waals surface area contributed by atoms with Crippen LogP contribution in [0.25, 0.3) is 0 Å². The van der Waals surface area contributed by atoms with Gasteiger partial charge >= 0.3 is 18.4 Å². The van der Waals surface area contributed by atoms with Crippen LogP contribution in [0.5, 0.6) is 11.5 Å². The van der Waals surface area contributed by atoms with Crippen LogP contribution in [0.1, 0.15) is 39.0 Å². The monoisotopic (exact) mass is 541 g/mol. The summed E-state index contributed by atoms with van der Waals surface area (Å²) in [5.74, 6) is -2.73. The molecule has 0 spiro atoms. The Morgan fingerprint density at radius 1 is 0.947 bits per heavy atom. The first kappa shape index (κ1) is 28.5. The molecule has 2 aromatic carbocycles. The molecule has 1 fully saturated rings. The molecule has 3 amide bonds. The summed E-state index contributed by atoms with van der Waals surface area (Å²) >= 11 is 0. The molecule has 3 N–H and O–H groups in total. The topological polar surface area (TPSA) is 115 Å². The van der Waals surface area contributed by atoms with Crippen molar-refractivity contribution in [1.29, 1.82) is 0 Å². The molecule has 13 heteroatoms. The summed E-state index contributed by atoms with van der Waals surface area (Å²) in [6, 6.07) is 8.55. The van der Waals surface area contributed by atoms with Gasteiger partial charge in [-0.1, -0.05) is 0 Å². The van der Waals surface area contributed by atoms with E-state index in [0.717, 1.165) is 18.2 Å². The van der Waals surface area contributed by atoms with Gasteiger partial charge < -0.3 is 30.2 Å². The second-order valence-electron chi connectivity index (χ2n) is 8.44. The number of alkyl halides is 3. The van der Waals surface area contributed by atoms with Crippen LogP contribution in [0.15, 0.2) is 42.5 Å². The van der Waals surface area contributed by atoms with Crippen LogP contribution in [0.2, 0.25) is 0 Å². The molecule has 0 radical (unpaired) electrons. The molecular formula is C25H27F4N3O6. The van der Waals surface area contributed by atoms with Crippen molar-refractivity contribution in [3.63, 3.8) is 0 Å². The zero-order chi connectivity index (χ0) is 27.7. The maximum Gasteiger partial charge on any atom is 0.573 e. The van der Waals surface area contributed by atoms with E-state index in [1.165, 1.54) is 0 Å². The summed E-state index contributed by atoms with van der Waals surface area (Å²) in [5.41, 5.74) is 0.486. The lowest BCUT2D eigenvalue weighted by Crippen LogP contribution is -2.41. The second-order valence-corrected chi connectivity index (χ2v) is 8.44. The first-order valence-corrected chi connectivity index (χ1v) is 11.9. The van der Waals surface area contributed by atoms with Crippen molar-refractivity contribution in [3.05, 3.63) is 48.3 Å². The predicted octanol–water partition coefficient (Wildman–Crippen LogP) is 5.13. The Hall–Kier alpha value is -4.03. The maximum absolute atomic E-state index is 13.8. The second kappa shape index (κ2) is 13.0. The number of hydrogen-bond acceptors (Lipinski definition) is 6. The van der Waals surface area contributed by atoms with Crippen LogP contribution in [0.3, 0.4) is 0 Å². The van der Waals surface area contributed by atoms with Gasteiger partial charge in [-0.3, -0.25) is 9.59 Å². The minimum atomic E-state index is -5.02. The van der Waals surface area contributed by atoms with E-state index in [0.29, 0.717) is 37.1 Å². The largest absolute Gasteiger partial charge is 0.573 e. The smallest absolute Gasteiger partial charge is 0.490 e. The fourth-order valence-electron chi connectivity index (χ4n) is 3.82. The number of anilines is 2. The zero-order valence-corrected chi connectivity index (χ0v) is 20.4. The van der Waals surface area contributed by atoms with Crippen LogP contribution >= 0.6 is 0 Å². The molecule has 0 bridgehead atoms. The van der Waals surface area contributed by atoms with Gasteiger partial charge in [0.15, 0.2) is 11.6 Å². The van der Waals surface area contributed by atoms with Gasteiger partial charge in [0.2, 0.25) is 5.91 Å². The quantitative estimate of drug-likeness (QED) is 0.231. The molecule has 1 aliphatic rings. The predicted molar refractivity (Wildman–Crippen MR) is 128 cm³/mol. The molecule has 0 unspecified atom stereocenters. The molecule has 2 aromatic rings. The third-order valence-electron chi connectivity index (χ3n) is 5.48. The molecule has 0 aliphatic heterocycles. The van der Waals surface area contributed by atoms with Crippen LogP contribution in [0.4, 0.5) is 33.7 Å². The number of carbonyl (C=O) groups excluding carboxylic acids is 3.